The Bertz CT molecular complexity index is 882. The fraction of sp³-hybridized carbons (Fsp3) is 0.0952. The van der Waals surface area contributed by atoms with Crippen LogP contribution < -0.4 is 14.9 Å². The number of nitrogens with one attached hydrogen (secondary N) is 1. The number of hydrazone groups is 1. The lowest BCUT2D eigenvalue weighted by molar-refractivity contribution is 0.284. The minimum absolute atomic E-state index is 0.471. The molecule has 132 valence electrons. The summed E-state index contributed by atoms with van der Waals surface area (Å²) in [4.78, 5) is 0. The van der Waals surface area contributed by atoms with Crippen LogP contribution in [0.3, 0.4) is 0 Å². The van der Waals surface area contributed by atoms with E-state index < -0.39 is 0 Å². The van der Waals surface area contributed by atoms with Crippen molar-refractivity contribution in [3.8, 4) is 11.5 Å². The van der Waals surface area contributed by atoms with Crippen LogP contribution in [0.25, 0.3) is 0 Å². The molecule has 5 heteroatoms. The number of methoxy groups -OCH3 is 1. The molecule has 3 aromatic carbocycles. The van der Waals surface area contributed by atoms with Crippen LogP contribution in [0.2, 0.25) is 5.02 Å². The first kappa shape index (κ1) is 17.8. The molecule has 0 aliphatic rings. The molecule has 0 atom stereocenters. The van der Waals surface area contributed by atoms with Crippen molar-refractivity contribution in [2.45, 2.75) is 6.61 Å². The van der Waals surface area contributed by atoms with Crippen molar-refractivity contribution in [1.82, 2.24) is 0 Å². The van der Waals surface area contributed by atoms with Gasteiger partial charge in [-0.2, -0.15) is 5.10 Å². The second kappa shape index (κ2) is 8.92. The van der Waals surface area contributed by atoms with Gasteiger partial charge in [0.1, 0.15) is 6.61 Å². The summed E-state index contributed by atoms with van der Waals surface area (Å²) < 4.78 is 11.3. The van der Waals surface area contributed by atoms with E-state index in [2.05, 4.69) is 10.5 Å². The summed E-state index contributed by atoms with van der Waals surface area (Å²) >= 11 is 5.96. The summed E-state index contributed by atoms with van der Waals surface area (Å²) in [7, 11) is 1.62. The van der Waals surface area contributed by atoms with Crippen molar-refractivity contribution in [3.05, 3.63) is 88.9 Å². The van der Waals surface area contributed by atoms with Crippen molar-refractivity contribution >= 4 is 23.5 Å². The Morgan fingerprint density at radius 2 is 1.81 bits per heavy atom. The second-order valence-corrected chi connectivity index (χ2v) is 6.00. The molecule has 3 aromatic rings. The maximum atomic E-state index is 5.96. The number of hydrogen-bond acceptors (Lipinski definition) is 4. The Labute approximate surface area is 158 Å². The Balaban J connectivity index is 1.69. The van der Waals surface area contributed by atoms with Gasteiger partial charge < -0.3 is 9.47 Å². The molecule has 0 aromatic heterocycles. The van der Waals surface area contributed by atoms with Gasteiger partial charge in [0.15, 0.2) is 11.5 Å². The molecule has 0 saturated heterocycles. The first-order valence-corrected chi connectivity index (χ1v) is 8.52. The molecule has 0 heterocycles. The molecule has 0 saturated carbocycles. The van der Waals surface area contributed by atoms with Crippen LogP contribution >= 0.6 is 11.6 Å². The Kier molecular flexibility index (Phi) is 6.12. The summed E-state index contributed by atoms with van der Waals surface area (Å²) in [5, 5.41) is 4.90. The zero-order chi connectivity index (χ0) is 18.2. The van der Waals surface area contributed by atoms with Crippen LogP contribution in [-0.2, 0) is 6.61 Å². The third-order valence-electron chi connectivity index (χ3n) is 3.66. The van der Waals surface area contributed by atoms with Crippen molar-refractivity contribution in [2.75, 3.05) is 12.5 Å². The van der Waals surface area contributed by atoms with Crippen molar-refractivity contribution in [1.29, 1.82) is 0 Å². The van der Waals surface area contributed by atoms with E-state index in [1.54, 1.807) is 19.4 Å². The number of hydrogen-bond donors (Lipinski definition) is 1. The number of benzene rings is 3. The number of nitrogens with zero attached hydrogens (tertiary/aromatic N) is 1. The molecule has 0 aliphatic heterocycles. The summed E-state index contributed by atoms with van der Waals surface area (Å²) in [6, 6.07) is 23.0. The smallest absolute Gasteiger partial charge is 0.162 e. The summed E-state index contributed by atoms with van der Waals surface area (Å²) in [5.74, 6) is 1.35. The molecule has 1 N–H and O–H groups in total. The van der Waals surface area contributed by atoms with Crippen molar-refractivity contribution < 1.29 is 9.47 Å². The maximum absolute atomic E-state index is 5.96. The quantitative estimate of drug-likeness (QED) is 0.451. The molecule has 0 aliphatic carbocycles. The topological polar surface area (TPSA) is 42.8 Å². The van der Waals surface area contributed by atoms with Crippen LogP contribution in [0.1, 0.15) is 11.1 Å². The van der Waals surface area contributed by atoms with E-state index in [4.69, 9.17) is 21.1 Å². The van der Waals surface area contributed by atoms with E-state index in [0.29, 0.717) is 23.1 Å². The van der Waals surface area contributed by atoms with Gasteiger partial charge in [-0.3, -0.25) is 5.43 Å². The lowest BCUT2D eigenvalue weighted by Gasteiger charge is -2.11. The first-order valence-electron chi connectivity index (χ1n) is 8.14. The third kappa shape index (κ3) is 5.01. The standard InChI is InChI=1S/C21H19ClN2O2/c1-25-20-11-10-17(14-23-24-19-9-5-8-18(22)13-19)12-21(20)26-15-16-6-3-2-4-7-16/h2-14,24H,15H2,1H3. The molecule has 0 fully saturated rings. The van der Waals surface area contributed by atoms with Crippen molar-refractivity contribution in [2.24, 2.45) is 5.10 Å². The monoisotopic (exact) mass is 366 g/mol. The van der Waals surface area contributed by atoms with Gasteiger partial charge >= 0.3 is 0 Å². The normalized spacial score (nSPS) is 10.7. The summed E-state index contributed by atoms with van der Waals surface area (Å²) in [6.45, 7) is 0.471. The van der Waals surface area contributed by atoms with Gasteiger partial charge in [0.2, 0.25) is 0 Å². The van der Waals surface area contributed by atoms with Gasteiger partial charge in [0, 0.05) is 5.02 Å². The van der Waals surface area contributed by atoms with Gasteiger partial charge in [0.05, 0.1) is 19.0 Å². The molecular formula is C21H19ClN2O2. The zero-order valence-corrected chi connectivity index (χ0v) is 15.1. The average molecular weight is 367 g/mol. The van der Waals surface area contributed by atoms with E-state index in [9.17, 15) is 0 Å². The Morgan fingerprint density at radius 3 is 2.58 bits per heavy atom. The minimum atomic E-state index is 0.471. The predicted molar refractivity (Wildman–Crippen MR) is 106 cm³/mol. The molecule has 0 radical (unpaired) electrons. The van der Waals surface area contributed by atoms with E-state index in [1.165, 1.54) is 0 Å². The minimum Gasteiger partial charge on any atom is -0.493 e. The lowest BCUT2D eigenvalue weighted by atomic mass is 10.2. The zero-order valence-electron chi connectivity index (χ0n) is 14.4. The molecule has 26 heavy (non-hydrogen) atoms. The number of halogens is 1. The van der Waals surface area contributed by atoms with E-state index in [-0.39, 0.29) is 0 Å². The fourth-order valence-corrected chi connectivity index (χ4v) is 2.55. The molecule has 0 bridgehead atoms. The SMILES string of the molecule is COc1ccc(C=NNc2cccc(Cl)c2)cc1OCc1ccccc1. The highest BCUT2D eigenvalue weighted by molar-refractivity contribution is 6.30. The highest BCUT2D eigenvalue weighted by atomic mass is 35.5. The van der Waals surface area contributed by atoms with Gasteiger partial charge in [0.25, 0.3) is 0 Å². The summed E-state index contributed by atoms with van der Waals surface area (Å²) in [6.07, 6.45) is 1.72. The van der Waals surface area contributed by atoms with Gasteiger partial charge in [-0.1, -0.05) is 48.0 Å². The van der Waals surface area contributed by atoms with Crippen LogP contribution in [-0.4, -0.2) is 13.3 Å². The van der Waals surface area contributed by atoms with Crippen molar-refractivity contribution in [3.63, 3.8) is 0 Å². The van der Waals surface area contributed by atoms with Gasteiger partial charge in [-0.05, 0) is 47.5 Å². The van der Waals surface area contributed by atoms with E-state index in [0.717, 1.165) is 16.8 Å². The number of rotatable bonds is 7. The fourth-order valence-electron chi connectivity index (χ4n) is 2.36. The van der Waals surface area contributed by atoms with E-state index >= 15 is 0 Å². The van der Waals surface area contributed by atoms with Crippen LogP contribution in [0, 0.1) is 0 Å². The highest BCUT2D eigenvalue weighted by Gasteiger charge is 2.05. The Hall–Kier alpha value is -2.98. The Morgan fingerprint density at radius 1 is 0.962 bits per heavy atom. The van der Waals surface area contributed by atoms with Gasteiger partial charge in [-0.15, -0.1) is 0 Å². The second-order valence-electron chi connectivity index (χ2n) is 5.56. The largest absolute Gasteiger partial charge is 0.493 e. The number of ether oxygens (including phenoxy) is 2. The third-order valence-corrected chi connectivity index (χ3v) is 3.89. The summed E-state index contributed by atoms with van der Waals surface area (Å²) in [5.41, 5.74) is 5.76. The van der Waals surface area contributed by atoms with Gasteiger partial charge in [-0.25, -0.2) is 0 Å². The predicted octanol–water partition coefficient (Wildman–Crippen LogP) is 5.37. The first-order chi connectivity index (χ1) is 12.7. The van der Waals surface area contributed by atoms with E-state index in [1.807, 2.05) is 66.7 Å². The van der Waals surface area contributed by atoms with Crippen LogP contribution in [0.5, 0.6) is 11.5 Å². The molecule has 4 nitrogen and oxygen atoms in total. The maximum Gasteiger partial charge on any atom is 0.162 e. The molecule has 0 amide bonds. The molecule has 0 spiro atoms. The molecule has 3 rings (SSSR count). The lowest BCUT2D eigenvalue weighted by Crippen LogP contribution is -1.99. The number of anilines is 1. The van der Waals surface area contributed by atoms with Crippen LogP contribution in [0.4, 0.5) is 5.69 Å². The molecular weight excluding hydrogens is 348 g/mol. The van der Waals surface area contributed by atoms with Crippen LogP contribution in [0.15, 0.2) is 77.9 Å². The highest BCUT2D eigenvalue weighted by Crippen LogP contribution is 2.28. The molecule has 0 unspecified atom stereocenters. The average Bonchev–Trinajstić information content (AvgIpc) is 2.67.